The molecule has 0 bridgehead atoms. The first-order valence-corrected chi connectivity index (χ1v) is 8.30. The Morgan fingerprint density at radius 1 is 1.57 bits per heavy atom. The Kier molecular flexibility index (Phi) is 3.87. The molecule has 2 heterocycles. The number of nitrogens with one attached hydrogen (secondary N) is 1. The largest absolute Gasteiger partial charge is 0.444 e. The quantitative estimate of drug-likeness (QED) is 0.860. The van der Waals surface area contributed by atoms with Crippen molar-refractivity contribution >= 4 is 38.2 Å². The van der Waals surface area contributed by atoms with Gasteiger partial charge < -0.3 is 9.73 Å². The van der Waals surface area contributed by atoms with Gasteiger partial charge in [0.15, 0.2) is 10.4 Å². The molecule has 1 amide bonds. The zero-order valence-electron chi connectivity index (χ0n) is 11.4. The minimum atomic E-state index is -0.330. The van der Waals surface area contributed by atoms with Crippen molar-refractivity contribution in [2.45, 2.75) is 26.2 Å². The van der Waals surface area contributed by atoms with E-state index in [1.807, 2.05) is 0 Å². The van der Waals surface area contributed by atoms with Crippen LogP contribution in [0.3, 0.4) is 0 Å². The summed E-state index contributed by atoms with van der Waals surface area (Å²) < 4.78 is 5.74. The van der Waals surface area contributed by atoms with Crippen LogP contribution in [0.1, 0.15) is 39.9 Å². The van der Waals surface area contributed by atoms with E-state index in [0.717, 1.165) is 24.8 Å². The van der Waals surface area contributed by atoms with E-state index in [1.54, 1.807) is 12.1 Å². The summed E-state index contributed by atoms with van der Waals surface area (Å²) in [6.45, 7) is 2.22. The molecule has 1 N–H and O–H groups in total. The van der Waals surface area contributed by atoms with E-state index in [0.29, 0.717) is 21.2 Å². The topological polar surface area (TPSA) is 66.0 Å². The van der Waals surface area contributed by atoms with Crippen molar-refractivity contribution in [2.75, 3.05) is 5.32 Å². The van der Waals surface area contributed by atoms with Gasteiger partial charge >= 0.3 is 0 Å². The van der Waals surface area contributed by atoms with Crippen LogP contribution in [0.4, 0.5) is 5.00 Å². The fourth-order valence-electron chi connectivity index (χ4n) is 2.56. The molecule has 4 nitrogen and oxygen atoms in total. The van der Waals surface area contributed by atoms with Gasteiger partial charge in [0.25, 0.3) is 5.91 Å². The van der Waals surface area contributed by atoms with E-state index < -0.39 is 0 Å². The SMILES string of the molecule is CC1CCc2c(sc(NC(=O)c3ccc(Br)o3)c2C#N)C1. The Balaban J connectivity index is 1.89. The summed E-state index contributed by atoms with van der Waals surface area (Å²) >= 11 is 4.68. The Labute approximate surface area is 134 Å². The van der Waals surface area contributed by atoms with Gasteiger partial charge in [0.1, 0.15) is 11.1 Å². The first-order valence-electron chi connectivity index (χ1n) is 6.69. The standard InChI is InChI=1S/C15H13BrN2O2S/c1-8-2-3-9-10(7-17)15(21-12(9)6-8)18-14(19)11-4-5-13(16)20-11/h4-5,8H,2-3,6H2,1H3,(H,18,19). The summed E-state index contributed by atoms with van der Waals surface area (Å²) in [5.74, 6) is 0.529. The van der Waals surface area contributed by atoms with Crippen LogP contribution in [0.15, 0.2) is 21.2 Å². The van der Waals surface area contributed by atoms with Gasteiger partial charge in [-0.1, -0.05) is 6.92 Å². The summed E-state index contributed by atoms with van der Waals surface area (Å²) in [7, 11) is 0. The second-order valence-corrected chi connectivity index (χ2v) is 7.11. The fraction of sp³-hybridized carbons (Fsp3) is 0.333. The number of furan rings is 1. The third kappa shape index (κ3) is 2.76. The summed E-state index contributed by atoms with van der Waals surface area (Å²) in [5, 5.41) is 12.8. The molecule has 0 spiro atoms. The van der Waals surface area contributed by atoms with Crippen LogP contribution in [-0.4, -0.2) is 5.91 Å². The number of nitrogens with zero attached hydrogens (tertiary/aromatic N) is 1. The number of carbonyl (C=O) groups is 1. The summed E-state index contributed by atoms with van der Waals surface area (Å²) in [6.07, 6.45) is 2.99. The first kappa shape index (κ1) is 14.4. The highest BCUT2D eigenvalue weighted by Gasteiger charge is 2.25. The number of nitriles is 1. The van der Waals surface area contributed by atoms with Crippen molar-refractivity contribution in [1.29, 1.82) is 5.26 Å². The van der Waals surface area contributed by atoms with E-state index in [2.05, 4.69) is 34.2 Å². The van der Waals surface area contributed by atoms with Crippen LogP contribution in [0, 0.1) is 17.2 Å². The lowest BCUT2D eigenvalue weighted by atomic mass is 9.89. The van der Waals surface area contributed by atoms with Gasteiger partial charge in [0, 0.05) is 4.88 Å². The Hall–Kier alpha value is -1.58. The number of fused-ring (bicyclic) bond motifs is 1. The third-order valence-electron chi connectivity index (χ3n) is 3.65. The molecule has 6 heteroatoms. The Bertz CT molecular complexity index is 741. The molecule has 0 aliphatic heterocycles. The lowest BCUT2D eigenvalue weighted by Crippen LogP contribution is -2.11. The molecule has 108 valence electrons. The van der Waals surface area contributed by atoms with Crippen molar-refractivity contribution in [2.24, 2.45) is 5.92 Å². The van der Waals surface area contributed by atoms with Crippen LogP contribution in [0.25, 0.3) is 0 Å². The number of hydrogen-bond acceptors (Lipinski definition) is 4. The lowest BCUT2D eigenvalue weighted by Gasteiger charge is -2.17. The van der Waals surface area contributed by atoms with Gasteiger partial charge in [-0.05, 0) is 58.8 Å². The van der Waals surface area contributed by atoms with E-state index in [-0.39, 0.29) is 11.7 Å². The highest BCUT2D eigenvalue weighted by atomic mass is 79.9. The summed E-state index contributed by atoms with van der Waals surface area (Å²) in [4.78, 5) is 13.4. The highest BCUT2D eigenvalue weighted by Crippen LogP contribution is 2.39. The van der Waals surface area contributed by atoms with Crippen molar-refractivity contribution in [3.05, 3.63) is 38.6 Å². The number of anilines is 1. The number of hydrogen-bond donors (Lipinski definition) is 1. The molecule has 3 rings (SSSR count). The van der Waals surface area contributed by atoms with Gasteiger partial charge in [0.05, 0.1) is 5.56 Å². The van der Waals surface area contributed by atoms with E-state index in [4.69, 9.17) is 4.42 Å². The summed E-state index contributed by atoms with van der Waals surface area (Å²) in [5.41, 5.74) is 1.72. The third-order valence-corrected chi connectivity index (χ3v) is 5.24. The number of halogens is 1. The van der Waals surface area contributed by atoms with Crippen LogP contribution < -0.4 is 5.32 Å². The molecule has 1 atom stereocenters. The number of thiophene rings is 1. The molecule has 0 saturated heterocycles. The van der Waals surface area contributed by atoms with E-state index in [1.165, 1.54) is 16.2 Å². The molecular formula is C15H13BrN2O2S. The maximum atomic E-state index is 12.1. The van der Waals surface area contributed by atoms with Crippen LogP contribution in [-0.2, 0) is 12.8 Å². The molecule has 0 radical (unpaired) electrons. The molecule has 1 aliphatic carbocycles. The van der Waals surface area contributed by atoms with E-state index in [9.17, 15) is 10.1 Å². The van der Waals surface area contributed by atoms with Gasteiger partial charge in [-0.15, -0.1) is 11.3 Å². The van der Waals surface area contributed by atoms with Crippen molar-refractivity contribution in [3.63, 3.8) is 0 Å². The zero-order valence-corrected chi connectivity index (χ0v) is 13.8. The molecule has 21 heavy (non-hydrogen) atoms. The maximum Gasteiger partial charge on any atom is 0.292 e. The Morgan fingerprint density at radius 2 is 2.38 bits per heavy atom. The molecule has 0 fully saturated rings. The van der Waals surface area contributed by atoms with Crippen LogP contribution in [0.5, 0.6) is 0 Å². The van der Waals surface area contributed by atoms with Gasteiger partial charge in [0.2, 0.25) is 0 Å². The smallest absolute Gasteiger partial charge is 0.292 e. The van der Waals surface area contributed by atoms with E-state index >= 15 is 0 Å². The van der Waals surface area contributed by atoms with Crippen LogP contribution >= 0.6 is 27.3 Å². The predicted molar refractivity (Wildman–Crippen MR) is 84.6 cm³/mol. The molecular weight excluding hydrogens is 352 g/mol. The second-order valence-electron chi connectivity index (χ2n) is 5.23. The number of rotatable bonds is 2. The van der Waals surface area contributed by atoms with Crippen molar-refractivity contribution in [3.8, 4) is 6.07 Å². The number of carbonyl (C=O) groups excluding carboxylic acids is 1. The molecule has 0 saturated carbocycles. The van der Waals surface area contributed by atoms with Gasteiger partial charge in [-0.2, -0.15) is 5.26 Å². The lowest BCUT2D eigenvalue weighted by molar-refractivity contribution is 0.0996. The highest BCUT2D eigenvalue weighted by molar-refractivity contribution is 9.10. The fourth-order valence-corrected chi connectivity index (χ4v) is 4.22. The van der Waals surface area contributed by atoms with Crippen molar-refractivity contribution in [1.82, 2.24) is 0 Å². The molecule has 2 aromatic heterocycles. The number of amides is 1. The van der Waals surface area contributed by atoms with Crippen molar-refractivity contribution < 1.29 is 9.21 Å². The zero-order chi connectivity index (χ0) is 15.0. The average Bonchev–Trinajstić information content (AvgIpc) is 3.01. The summed E-state index contributed by atoms with van der Waals surface area (Å²) in [6, 6.07) is 5.50. The Morgan fingerprint density at radius 3 is 3.05 bits per heavy atom. The average molecular weight is 365 g/mol. The molecule has 2 aromatic rings. The van der Waals surface area contributed by atoms with Crippen LogP contribution in [0.2, 0.25) is 0 Å². The minimum Gasteiger partial charge on any atom is -0.444 e. The van der Waals surface area contributed by atoms with Gasteiger partial charge in [-0.3, -0.25) is 4.79 Å². The predicted octanol–water partition coefficient (Wildman–Crippen LogP) is 4.35. The normalized spacial score (nSPS) is 17.1. The molecule has 1 unspecified atom stereocenters. The molecule has 1 aliphatic rings. The first-order chi connectivity index (χ1) is 10.1. The minimum absolute atomic E-state index is 0.227. The monoisotopic (exact) mass is 364 g/mol. The van der Waals surface area contributed by atoms with Gasteiger partial charge in [-0.25, -0.2) is 0 Å². The molecule has 0 aromatic carbocycles. The maximum absolute atomic E-state index is 12.1. The second kappa shape index (κ2) is 5.66.